The Labute approximate surface area is 189 Å². The van der Waals surface area contributed by atoms with Gasteiger partial charge in [-0.1, -0.05) is 12.1 Å². The number of halogens is 3. The maximum atomic E-state index is 12.9. The van der Waals surface area contributed by atoms with Crippen LogP contribution in [-0.4, -0.2) is 60.1 Å². The number of rotatable bonds is 8. The molecule has 0 radical (unpaired) electrons. The first-order chi connectivity index (χ1) is 15.7. The summed E-state index contributed by atoms with van der Waals surface area (Å²) < 4.78 is 43.9. The monoisotopic (exact) mass is 466 g/mol. The molecule has 0 atom stereocenters. The molecule has 2 amide bonds. The standard InChI is InChI=1S/C22H25F3N4O4/c23-22(24,25)18-4-2-17(3-5-18)16-28(11-1-10-27-12-14-33-15-13-27)21(30)26-19-6-8-20(9-7-19)29(31)32/h2-9H,1,10-16H2,(H,26,30). The molecule has 178 valence electrons. The minimum atomic E-state index is -4.43. The lowest BCUT2D eigenvalue weighted by molar-refractivity contribution is -0.384. The minimum absolute atomic E-state index is 0.0971. The molecule has 0 aliphatic carbocycles. The van der Waals surface area contributed by atoms with E-state index in [1.807, 2.05) is 0 Å². The lowest BCUT2D eigenvalue weighted by atomic mass is 10.1. The number of nitrogens with zero attached hydrogens (tertiary/aromatic N) is 3. The van der Waals surface area contributed by atoms with E-state index in [9.17, 15) is 28.1 Å². The molecule has 0 spiro atoms. The van der Waals surface area contributed by atoms with E-state index in [4.69, 9.17) is 4.74 Å². The lowest BCUT2D eigenvalue weighted by Crippen LogP contribution is -2.40. The van der Waals surface area contributed by atoms with Crippen molar-refractivity contribution in [3.05, 3.63) is 69.8 Å². The topological polar surface area (TPSA) is 87.9 Å². The van der Waals surface area contributed by atoms with Gasteiger partial charge < -0.3 is 15.0 Å². The average molecular weight is 466 g/mol. The van der Waals surface area contributed by atoms with Gasteiger partial charge in [0.15, 0.2) is 0 Å². The molecule has 3 rings (SSSR count). The number of nitro benzene ring substituents is 1. The summed E-state index contributed by atoms with van der Waals surface area (Å²) in [6, 6.07) is 9.70. The molecular formula is C22H25F3N4O4. The zero-order valence-electron chi connectivity index (χ0n) is 17.9. The predicted octanol–water partition coefficient (Wildman–Crippen LogP) is 4.37. The number of non-ortho nitro benzene ring substituents is 1. The van der Waals surface area contributed by atoms with Crippen LogP contribution >= 0.6 is 0 Å². The van der Waals surface area contributed by atoms with Gasteiger partial charge in [0.25, 0.3) is 5.69 Å². The number of carbonyl (C=O) groups excluding carboxylic acids is 1. The number of anilines is 1. The number of morpholine rings is 1. The Morgan fingerprint density at radius 2 is 1.73 bits per heavy atom. The number of nitro groups is 1. The molecule has 11 heteroatoms. The molecule has 0 aromatic heterocycles. The van der Waals surface area contributed by atoms with Crippen LogP contribution in [0.5, 0.6) is 0 Å². The molecule has 1 aliphatic rings. The number of amides is 2. The number of nitrogens with one attached hydrogen (secondary N) is 1. The predicted molar refractivity (Wildman–Crippen MR) is 116 cm³/mol. The van der Waals surface area contributed by atoms with Gasteiger partial charge in [-0.25, -0.2) is 4.79 Å². The first-order valence-electron chi connectivity index (χ1n) is 10.5. The van der Waals surface area contributed by atoms with E-state index in [1.165, 1.54) is 41.3 Å². The Morgan fingerprint density at radius 3 is 2.30 bits per heavy atom. The molecule has 2 aromatic carbocycles. The summed E-state index contributed by atoms with van der Waals surface area (Å²) in [4.78, 5) is 26.9. The second kappa shape index (κ2) is 11.1. The highest BCUT2D eigenvalue weighted by Gasteiger charge is 2.30. The third-order valence-corrected chi connectivity index (χ3v) is 5.28. The van der Waals surface area contributed by atoms with Gasteiger partial charge in [0, 0.05) is 50.5 Å². The quantitative estimate of drug-likeness (QED) is 0.461. The fourth-order valence-electron chi connectivity index (χ4n) is 3.45. The van der Waals surface area contributed by atoms with Gasteiger partial charge in [0.2, 0.25) is 0 Å². The fourth-order valence-corrected chi connectivity index (χ4v) is 3.45. The van der Waals surface area contributed by atoms with E-state index < -0.39 is 22.7 Å². The normalized spacial score (nSPS) is 14.6. The maximum absolute atomic E-state index is 12.9. The molecule has 0 saturated carbocycles. The summed E-state index contributed by atoms with van der Waals surface area (Å²) in [7, 11) is 0. The number of benzene rings is 2. The summed E-state index contributed by atoms with van der Waals surface area (Å²) in [5.74, 6) is 0. The molecule has 8 nitrogen and oxygen atoms in total. The van der Waals surface area contributed by atoms with Gasteiger partial charge >= 0.3 is 12.2 Å². The van der Waals surface area contributed by atoms with Crippen LogP contribution < -0.4 is 5.32 Å². The van der Waals surface area contributed by atoms with Gasteiger partial charge in [0.05, 0.1) is 23.7 Å². The zero-order chi connectivity index (χ0) is 23.8. The highest BCUT2D eigenvalue weighted by atomic mass is 19.4. The Hall–Kier alpha value is -3.18. The first kappa shape index (κ1) is 24.5. The average Bonchev–Trinajstić information content (AvgIpc) is 2.79. The van der Waals surface area contributed by atoms with Crippen LogP contribution in [0.1, 0.15) is 17.5 Å². The molecule has 2 aromatic rings. The Morgan fingerprint density at radius 1 is 1.09 bits per heavy atom. The summed E-state index contributed by atoms with van der Waals surface area (Å²) in [5.41, 5.74) is 0.102. The van der Waals surface area contributed by atoms with Crippen molar-refractivity contribution in [3.8, 4) is 0 Å². The second-order valence-electron chi connectivity index (χ2n) is 7.66. The molecule has 0 bridgehead atoms. The van der Waals surface area contributed by atoms with Crippen LogP contribution in [-0.2, 0) is 17.5 Å². The van der Waals surface area contributed by atoms with Crippen LogP contribution in [0.25, 0.3) is 0 Å². The summed E-state index contributed by atoms with van der Waals surface area (Å²) in [6.45, 7) is 4.22. The lowest BCUT2D eigenvalue weighted by Gasteiger charge is -2.28. The SMILES string of the molecule is O=C(Nc1ccc([N+](=O)[O-])cc1)N(CCCN1CCOCC1)Cc1ccc(C(F)(F)F)cc1. The Bertz CT molecular complexity index is 930. The summed E-state index contributed by atoms with van der Waals surface area (Å²) in [5, 5.41) is 13.5. The number of carbonyl (C=O) groups is 1. The van der Waals surface area contributed by atoms with E-state index in [0.717, 1.165) is 31.8 Å². The Balaban J connectivity index is 1.66. The zero-order valence-corrected chi connectivity index (χ0v) is 17.9. The molecule has 1 heterocycles. The van der Waals surface area contributed by atoms with Gasteiger partial charge in [-0.3, -0.25) is 15.0 Å². The van der Waals surface area contributed by atoms with Crippen molar-refractivity contribution < 1.29 is 27.6 Å². The largest absolute Gasteiger partial charge is 0.416 e. The van der Waals surface area contributed by atoms with Crippen molar-refractivity contribution in [2.24, 2.45) is 0 Å². The van der Waals surface area contributed by atoms with Crippen molar-refractivity contribution in [1.82, 2.24) is 9.80 Å². The second-order valence-corrected chi connectivity index (χ2v) is 7.66. The van der Waals surface area contributed by atoms with Gasteiger partial charge in [0.1, 0.15) is 0 Å². The number of hydrogen-bond acceptors (Lipinski definition) is 5. The Kier molecular flexibility index (Phi) is 8.23. The highest BCUT2D eigenvalue weighted by molar-refractivity contribution is 5.89. The number of hydrogen-bond donors (Lipinski definition) is 1. The third kappa shape index (κ3) is 7.43. The molecule has 1 fully saturated rings. The smallest absolute Gasteiger partial charge is 0.379 e. The third-order valence-electron chi connectivity index (χ3n) is 5.28. The van der Waals surface area contributed by atoms with E-state index in [-0.39, 0.29) is 12.2 Å². The molecular weight excluding hydrogens is 441 g/mol. The fraction of sp³-hybridized carbons (Fsp3) is 0.409. The molecule has 0 unspecified atom stereocenters. The number of urea groups is 1. The van der Waals surface area contributed by atoms with Gasteiger partial charge in [-0.05, 0) is 36.2 Å². The minimum Gasteiger partial charge on any atom is -0.379 e. The molecule has 1 aliphatic heterocycles. The summed E-state index contributed by atoms with van der Waals surface area (Å²) in [6.07, 6.45) is -3.75. The van der Waals surface area contributed by atoms with Crippen molar-refractivity contribution >= 4 is 17.4 Å². The van der Waals surface area contributed by atoms with Crippen LogP contribution in [0.4, 0.5) is 29.3 Å². The first-order valence-corrected chi connectivity index (χ1v) is 10.5. The van der Waals surface area contributed by atoms with Crippen molar-refractivity contribution in [3.63, 3.8) is 0 Å². The number of ether oxygens (including phenoxy) is 1. The maximum Gasteiger partial charge on any atom is 0.416 e. The van der Waals surface area contributed by atoms with Crippen molar-refractivity contribution in [2.75, 3.05) is 44.7 Å². The van der Waals surface area contributed by atoms with Crippen molar-refractivity contribution in [1.29, 1.82) is 0 Å². The molecule has 33 heavy (non-hydrogen) atoms. The van der Waals surface area contributed by atoms with Gasteiger partial charge in [-0.15, -0.1) is 0 Å². The van der Waals surface area contributed by atoms with E-state index in [2.05, 4.69) is 10.2 Å². The van der Waals surface area contributed by atoms with Crippen molar-refractivity contribution in [2.45, 2.75) is 19.1 Å². The van der Waals surface area contributed by atoms with Gasteiger partial charge in [-0.2, -0.15) is 13.2 Å². The van der Waals surface area contributed by atoms with Crippen LogP contribution in [0, 0.1) is 10.1 Å². The number of alkyl halides is 3. The van der Waals surface area contributed by atoms with Crippen LogP contribution in [0.2, 0.25) is 0 Å². The molecule has 1 saturated heterocycles. The summed E-state index contributed by atoms with van der Waals surface area (Å²) >= 11 is 0. The van der Waals surface area contributed by atoms with E-state index >= 15 is 0 Å². The van der Waals surface area contributed by atoms with E-state index in [1.54, 1.807) is 0 Å². The molecule has 1 N–H and O–H groups in total. The highest BCUT2D eigenvalue weighted by Crippen LogP contribution is 2.29. The van der Waals surface area contributed by atoms with Crippen LogP contribution in [0.3, 0.4) is 0 Å². The van der Waals surface area contributed by atoms with Crippen LogP contribution in [0.15, 0.2) is 48.5 Å². The van der Waals surface area contributed by atoms with E-state index in [0.29, 0.717) is 37.4 Å².